The molecule has 2 nitrogen and oxygen atoms in total. The third kappa shape index (κ3) is 5.21. The van der Waals surface area contributed by atoms with Gasteiger partial charge in [-0.3, -0.25) is 4.79 Å². The number of rotatable bonds is 4. The molecule has 1 amide bonds. The lowest BCUT2D eigenvalue weighted by molar-refractivity contribution is -0.117. The molecule has 0 saturated heterocycles. The minimum atomic E-state index is -0.285. The summed E-state index contributed by atoms with van der Waals surface area (Å²) in [5.41, 5.74) is 4.83. The summed E-state index contributed by atoms with van der Waals surface area (Å²) < 4.78 is 0. The average Bonchev–Trinajstić information content (AvgIpc) is 1.66. The first-order chi connectivity index (χ1) is 3.77. The molecule has 0 unspecified atom stereocenters. The zero-order valence-corrected chi connectivity index (χ0v) is 4.76. The van der Waals surface area contributed by atoms with E-state index in [1.165, 1.54) is 0 Å². The monoisotopic (exact) mass is 112 g/mol. The van der Waals surface area contributed by atoms with Crippen LogP contribution in [-0.2, 0) is 4.79 Å². The van der Waals surface area contributed by atoms with Gasteiger partial charge in [0.1, 0.15) is 0 Å². The van der Waals surface area contributed by atoms with Gasteiger partial charge in [-0.15, -0.1) is 6.58 Å². The fourth-order valence-corrected chi connectivity index (χ4v) is 0.343. The molecule has 0 fully saturated rings. The standard InChI is InChI=1S/C6H10NO/c1-2-3-4-5-6(7)8/h2,4H,1,3,5H2,(H2,7,8). The summed E-state index contributed by atoms with van der Waals surface area (Å²) in [6.07, 6.45) is 4.62. The summed E-state index contributed by atoms with van der Waals surface area (Å²) in [6.45, 7) is 3.47. The summed E-state index contributed by atoms with van der Waals surface area (Å²) in [6, 6.07) is 0. The molecule has 0 aliphatic rings. The Morgan fingerprint density at radius 3 is 2.75 bits per heavy atom. The smallest absolute Gasteiger partial charge is 0.217 e. The van der Waals surface area contributed by atoms with Gasteiger partial charge in [-0.25, -0.2) is 0 Å². The van der Waals surface area contributed by atoms with E-state index in [0.717, 1.165) is 6.42 Å². The molecule has 0 spiro atoms. The van der Waals surface area contributed by atoms with Crippen molar-refractivity contribution in [1.29, 1.82) is 0 Å². The third-order valence-corrected chi connectivity index (χ3v) is 0.679. The Balaban J connectivity index is 2.93. The van der Waals surface area contributed by atoms with Gasteiger partial charge in [0.05, 0.1) is 0 Å². The SMILES string of the molecule is C=CC[CH]CC(N)=O. The molecule has 0 aliphatic heterocycles. The predicted octanol–water partition coefficient (Wildman–Crippen LogP) is 0.642. The molecular formula is C6H10NO. The van der Waals surface area contributed by atoms with Crippen LogP contribution in [0, 0.1) is 6.42 Å². The topological polar surface area (TPSA) is 43.1 Å². The second-order valence-corrected chi connectivity index (χ2v) is 1.48. The number of unbranched alkanes of at least 4 members (excludes halogenated alkanes) is 1. The van der Waals surface area contributed by atoms with Gasteiger partial charge in [-0.2, -0.15) is 0 Å². The van der Waals surface area contributed by atoms with Crippen LogP contribution in [0.1, 0.15) is 12.8 Å². The minimum Gasteiger partial charge on any atom is -0.370 e. The number of allylic oxidation sites excluding steroid dienone is 1. The summed E-state index contributed by atoms with van der Waals surface area (Å²) in [5.74, 6) is -0.285. The number of nitrogens with two attached hydrogens (primary N) is 1. The molecule has 1 radical (unpaired) electrons. The van der Waals surface area contributed by atoms with E-state index in [1.54, 1.807) is 12.5 Å². The van der Waals surface area contributed by atoms with Crippen molar-refractivity contribution in [1.82, 2.24) is 0 Å². The van der Waals surface area contributed by atoms with Crippen LogP contribution in [0.2, 0.25) is 0 Å². The number of amides is 1. The molecular weight excluding hydrogens is 102 g/mol. The van der Waals surface area contributed by atoms with Crippen LogP contribution in [0.5, 0.6) is 0 Å². The Morgan fingerprint density at radius 2 is 2.38 bits per heavy atom. The number of carbonyl (C=O) groups excluding carboxylic acids is 1. The van der Waals surface area contributed by atoms with E-state index >= 15 is 0 Å². The highest BCUT2D eigenvalue weighted by atomic mass is 16.1. The molecule has 45 valence electrons. The summed E-state index contributed by atoms with van der Waals surface area (Å²) in [7, 11) is 0. The fraction of sp³-hybridized carbons (Fsp3) is 0.333. The van der Waals surface area contributed by atoms with Gasteiger partial charge in [-0.05, 0) is 12.8 Å². The Labute approximate surface area is 49.4 Å². The van der Waals surface area contributed by atoms with E-state index in [1.807, 2.05) is 0 Å². The Morgan fingerprint density at radius 1 is 1.75 bits per heavy atom. The van der Waals surface area contributed by atoms with Crippen molar-refractivity contribution in [3.8, 4) is 0 Å². The first-order valence-electron chi connectivity index (χ1n) is 2.48. The van der Waals surface area contributed by atoms with Crippen molar-refractivity contribution < 1.29 is 4.79 Å². The Kier molecular flexibility index (Phi) is 3.94. The first kappa shape index (κ1) is 7.21. The number of hydrogen-bond donors (Lipinski definition) is 1. The summed E-state index contributed by atoms with van der Waals surface area (Å²) in [5, 5.41) is 0. The highest BCUT2D eigenvalue weighted by Gasteiger charge is 1.89. The molecule has 0 saturated carbocycles. The molecule has 2 heteroatoms. The Bertz CT molecular complexity index is 88.5. The van der Waals surface area contributed by atoms with Gasteiger partial charge in [0.15, 0.2) is 0 Å². The third-order valence-electron chi connectivity index (χ3n) is 0.679. The van der Waals surface area contributed by atoms with Crippen LogP contribution >= 0.6 is 0 Å². The fourth-order valence-electron chi connectivity index (χ4n) is 0.343. The van der Waals surface area contributed by atoms with E-state index in [2.05, 4.69) is 6.58 Å². The molecule has 8 heavy (non-hydrogen) atoms. The van der Waals surface area contributed by atoms with Crippen molar-refractivity contribution in [3.63, 3.8) is 0 Å². The van der Waals surface area contributed by atoms with Crippen molar-refractivity contribution in [2.24, 2.45) is 5.73 Å². The zero-order chi connectivity index (χ0) is 6.41. The zero-order valence-electron chi connectivity index (χ0n) is 4.76. The molecule has 0 heterocycles. The molecule has 0 aromatic rings. The molecule has 2 N–H and O–H groups in total. The molecule has 0 aliphatic carbocycles. The van der Waals surface area contributed by atoms with E-state index in [0.29, 0.717) is 6.42 Å². The first-order valence-corrected chi connectivity index (χ1v) is 2.48. The van der Waals surface area contributed by atoms with E-state index in [9.17, 15) is 4.79 Å². The van der Waals surface area contributed by atoms with Gasteiger partial charge in [-0.1, -0.05) is 6.08 Å². The van der Waals surface area contributed by atoms with Gasteiger partial charge >= 0.3 is 0 Å². The van der Waals surface area contributed by atoms with E-state index < -0.39 is 0 Å². The average molecular weight is 112 g/mol. The van der Waals surface area contributed by atoms with Gasteiger partial charge in [0.2, 0.25) is 5.91 Å². The van der Waals surface area contributed by atoms with Crippen molar-refractivity contribution >= 4 is 5.91 Å². The molecule has 0 rings (SSSR count). The lowest BCUT2D eigenvalue weighted by Gasteiger charge is -1.87. The van der Waals surface area contributed by atoms with Gasteiger partial charge in [0, 0.05) is 6.42 Å². The maximum Gasteiger partial charge on any atom is 0.217 e. The van der Waals surface area contributed by atoms with Crippen molar-refractivity contribution in [3.05, 3.63) is 19.1 Å². The van der Waals surface area contributed by atoms with Crippen LogP contribution < -0.4 is 5.73 Å². The number of primary amides is 1. The maximum atomic E-state index is 10.0. The van der Waals surface area contributed by atoms with Crippen LogP contribution in [0.4, 0.5) is 0 Å². The molecule has 0 atom stereocenters. The highest BCUT2D eigenvalue weighted by Crippen LogP contribution is 1.90. The van der Waals surface area contributed by atoms with E-state index in [4.69, 9.17) is 5.73 Å². The van der Waals surface area contributed by atoms with Crippen LogP contribution in [0.3, 0.4) is 0 Å². The second kappa shape index (κ2) is 4.37. The number of carbonyl (C=O) groups is 1. The van der Waals surface area contributed by atoms with Gasteiger partial charge < -0.3 is 5.73 Å². The lowest BCUT2D eigenvalue weighted by atomic mass is 10.2. The van der Waals surface area contributed by atoms with Crippen LogP contribution in [-0.4, -0.2) is 5.91 Å². The lowest BCUT2D eigenvalue weighted by Crippen LogP contribution is -2.09. The molecule has 0 aromatic carbocycles. The Hall–Kier alpha value is -0.790. The van der Waals surface area contributed by atoms with Crippen LogP contribution in [0.25, 0.3) is 0 Å². The second-order valence-electron chi connectivity index (χ2n) is 1.48. The predicted molar refractivity (Wildman–Crippen MR) is 32.9 cm³/mol. The number of hydrogen-bond acceptors (Lipinski definition) is 1. The minimum absolute atomic E-state index is 0.285. The largest absolute Gasteiger partial charge is 0.370 e. The normalized spacial score (nSPS) is 8.50. The summed E-state index contributed by atoms with van der Waals surface area (Å²) in [4.78, 5) is 10.0. The van der Waals surface area contributed by atoms with Crippen molar-refractivity contribution in [2.45, 2.75) is 12.8 Å². The molecule has 0 aromatic heterocycles. The highest BCUT2D eigenvalue weighted by molar-refractivity contribution is 5.74. The van der Waals surface area contributed by atoms with Crippen LogP contribution in [0.15, 0.2) is 12.7 Å². The van der Waals surface area contributed by atoms with Crippen molar-refractivity contribution in [2.75, 3.05) is 0 Å². The maximum absolute atomic E-state index is 10.0. The molecule has 0 bridgehead atoms. The quantitative estimate of drug-likeness (QED) is 0.421. The van der Waals surface area contributed by atoms with E-state index in [-0.39, 0.29) is 5.91 Å². The van der Waals surface area contributed by atoms with Gasteiger partial charge in [0.25, 0.3) is 0 Å². The summed E-state index contributed by atoms with van der Waals surface area (Å²) >= 11 is 0.